The van der Waals surface area contributed by atoms with Crippen molar-refractivity contribution in [2.24, 2.45) is 0 Å². The van der Waals surface area contributed by atoms with Crippen LogP contribution in [0.2, 0.25) is 0 Å². The number of rotatable bonds is 6. The van der Waals surface area contributed by atoms with E-state index in [-0.39, 0.29) is 30.5 Å². The summed E-state index contributed by atoms with van der Waals surface area (Å²) in [5.74, 6) is -0.314. The number of likely N-dealkylation sites (tertiary alicyclic amines) is 1. The van der Waals surface area contributed by atoms with Crippen LogP contribution in [0.25, 0.3) is 0 Å². The zero-order valence-corrected chi connectivity index (χ0v) is 15.4. The van der Waals surface area contributed by atoms with E-state index in [0.29, 0.717) is 39.1 Å². The first kappa shape index (κ1) is 19.8. The fourth-order valence-corrected chi connectivity index (χ4v) is 3.08. The SMILES string of the molecule is CCOC(=O)N1CCC(N(CC(=O)NCc2ccccc2)C(C)=O)CC1. The van der Waals surface area contributed by atoms with Crippen molar-refractivity contribution in [1.29, 1.82) is 0 Å². The number of hydrogen-bond donors (Lipinski definition) is 1. The van der Waals surface area contributed by atoms with Crippen LogP contribution in [-0.4, -0.2) is 60.0 Å². The fourth-order valence-electron chi connectivity index (χ4n) is 3.08. The van der Waals surface area contributed by atoms with Gasteiger partial charge in [-0.1, -0.05) is 30.3 Å². The minimum Gasteiger partial charge on any atom is -0.450 e. The average molecular weight is 361 g/mol. The molecule has 26 heavy (non-hydrogen) atoms. The average Bonchev–Trinajstić information content (AvgIpc) is 2.65. The van der Waals surface area contributed by atoms with E-state index in [0.717, 1.165) is 5.56 Å². The molecule has 0 saturated carbocycles. The molecule has 3 amide bonds. The molecule has 0 atom stereocenters. The van der Waals surface area contributed by atoms with Gasteiger partial charge in [0.2, 0.25) is 11.8 Å². The first-order valence-electron chi connectivity index (χ1n) is 9.00. The second-order valence-corrected chi connectivity index (χ2v) is 6.33. The van der Waals surface area contributed by atoms with Gasteiger partial charge in [-0.2, -0.15) is 0 Å². The first-order chi connectivity index (χ1) is 12.5. The van der Waals surface area contributed by atoms with Crippen molar-refractivity contribution in [1.82, 2.24) is 15.1 Å². The summed E-state index contributed by atoms with van der Waals surface area (Å²) >= 11 is 0. The molecule has 0 radical (unpaired) electrons. The fraction of sp³-hybridized carbons (Fsp3) is 0.526. The Morgan fingerprint density at radius 2 is 1.85 bits per heavy atom. The zero-order valence-electron chi connectivity index (χ0n) is 15.4. The van der Waals surface area contributed by atoms with Gasteiger partial charge in [0, 0.05) is 32.6 Å². The number of nitrogens with one attached hydrogen (secondary N) is 1. The molecule has 1 aliphatic heterocycles. The van der Waals surface area contributed by atoms with Crippen LogP contribution in [0.5, 0.6) is 0 Å². The molecule has 0 aromatic heterocycles. The zero-order chi connectivity index (χ0) is 18.9. The standard InChI is InChI=1S/C19H27N3O4/c1-3-26-19(25)21-11-9-17(10-12-21)22(15(2)23)14-18(24)20-13-16-7-5-4-6-8-16/h4-8,17H,3,9-14H2,1-2H3,(H,20,24). The molecule has 2 rings (SSSR count). The molecule has 7 nitrogen and oxygen atoms in total. The van der Waals surface area contributed by atoms with Gasteiger partial charge in [-0.05, 0) is 25.3 Å². The van der Waals surface area contributed by atoms with E-state index in [1.165, 1.54) is 6.92 Å². The van der Waals surface area contributed by atoms with Crippen molar-refractivity contribution >= 4 is 17.9 Å². The summed E-state index contributed by atoms with van der Waals surface area (Å²) in [5, 5.41) is 2.85. The van der Waals surface area contributed by atoms with E-state index < -0.39 is 0 Å². The lowest BCUT2D eigenvalue weighted by atomic mass is 10.0. The molecule has 1 aromatic rings. The van der Waals surface area contributed by atoms with Gasteiger partial charge in [-0.25, -0.2) is 4.79 Å². The Balaban J connectivity index is 1.84. The summed E-state index contributed by atoms with van der Waals surface area (Å²) in [6.07, 6.45) is 0.968. The maximum atomic E-state index is 12.2. The Hall–Kier alpha value is -2.57. The van der Waals surface area contributed by atoms with Crippen LogP contribution in [0.3, 0.4) is 0 Å². The third-order valence-corrected chi connectivity index (χ3v) is 4.48. The number of carbonyl (C=O) groups is 3. The predicted octanol–water partition coefficient (Wildman–Crippen LogP) is 1.77. The van der Waals surface area contributed by atoms with Gasteiger partial charge < -0.3 is 19.9 Å². The number of amides is 3. The van der Waals surface area contributed by atoms with Crippen LogP contribution in [0.15, 0.2) is 30.3 Å². The summed E-state index contributed by atoms with van der Waals surface area (Å²) in [6.45, 7) is 5.12. The molecule has 1 saturated heterocycles. The Kier molecular flexibility index (Phi) is 7.44. The lowest BCUT2D eigenvalue weighted by Gasteiger charge is -2.37. The van der Waals surface area contributed by atoms with Crippen LogP contribution in [0.1, 0.15) is 32.3 Å². The van der Waals surface area contributed by atoms with E-state index in [4.69, 9.17) is 4.74 Å². The van der Waals surface area contributed by atoms with Crippen molar-refractivity contribution in [3.8, 4) is 0 Å². The molecular weight excluding hydrogens is 334 g/mol. The van der Waals surface area contributed by atoms with Gasteiger partial charge in [0.15, 0.2) is 0 Å². The highest BCUT2D eigenvalue weighted by Crippen LogP contribution is 2.17. The molecule has 1 aliphatic rings. The molecule has 0 spiro atoms. The second-order valence-electron chi connectivity index (χ2n) is 6.33. The number of ether oxygens (including phenoxy) is 1. The third-order valence-electron chi connectivity index (χ3n) is 4.48. The minimum atomic E-state index is -0.319. The van der Waals surface area contributed by atoms with Crippen molar-refractivity contribution in [3.63, 3.8) is 0 Å². The van der Waals surface area contributed by atoms with Gasteiger partial charge in [0.25, 0.3) is 0 Å². The molecule has 7 heteroatoms. The maximum Gasteiger partial charge on any atom is 0.409 e. The topological polar surface area (TPSA) is 79.0 Å². The van der Waals surface area contributed by atoms with Crippen LogP contribution in [-0.2, 0) is 20.9 Å². The van der Waals surface area contributed by atoms with Crippen molar-refractivity contribution in [2.75, 3.05) is 26.2 Å². The largest absolute Gasteiger partial charge is 0.450 e. The Morgan fingerprint density at radius 3 is 2.42 bits per heavy atom. The van der Waals surface area contributed by atoms with Crippen LogP contribution in [0.4, 0.5) is 4.79 Å². The first-order valence-corrected chi connectivity index (χ1v) is 9.00. The molecule has 1 aromatic carbocycles. The molecule has 1 heterocycles. The Labute approximate surface area is 154 Å². The third kappa shape index (κ3) is 5.75. The van der Waals surface area contributed by atoms with Crippen LogP contribution in [0, 0.1) is 0 Å². The molecule has 0 unspecified atom stereocenters. The minimum absolute atomic E-state index is 0.0340. The smallest absolute Gasteiger partial charge is 0.409 e. The number of piperidine rings is 1. The molecule has 1 fully saturated rings. The highest BCUT2D eigenvalue weighted by atomic mass is 16.6. The monoisotopic (exact) mass is 361 g/mol. The maximum absolute atomic E-state index is 12.2. The van der Waals surface area contributed by atoms with Crippen LogP contribution < -0.4 is 5.32 Å². The summed E-state index contributed by atoms with van der Waals surface area (Å²) < 4.78 is 5.01. The summed E-state index contributed by atoms with van der Waals surface area (Å²) in [4.78, 5) is 39.3. The molecule has 1 N–H and O–H groups in total. The van der Waals surface area contributed by atoms with E-state index >= 15 is 0 Å². The highest BCUT2D eigenvalue weighted by Gasteiger charge is 2.29. The Bertz CT molecular complexity index is 612. The summed E-state index contributed by atoms with van der Waals surface area (Å²) in [5.41, 5.74) is 1.01. The van der Waals surface area contributed by atoms with Crippen molar-refractivity contribution in [2.45, 2.75) is 39.3 Å². The van der Waals surface area contributed by atoms with Gasteiger partial charge in [0.1, 0.15) is 0 Å². The summed E-state index contributed by atoms with van der Waals surface area (Å²) in [6, 6.07) is 9.59. The van der Waals surface area contributed by atoms with Gasteiger partial charge >= 0.3 is 6.09 Å². The van der Waals surface area contributed by atoms with Crippen LogP contribution >= 0.6 is 0 Å². The quantitative estimate of drug-likeness (QED) is 0.838. The van der Waals surface area contributed by atoms with Gasteiger partial charge in [-0.3, -0.25) is 9.59 Å². The van der Waals surface area contributed by atoms with E-state index in [2.05, 4.69) is 5.32 Å². The normalized spacial score (nSPS) is 14.6. The van der Waals surface area contributed by atoms with E-state index in [1.807, 2.05) is 30.3 Å². The highest BCUT2D eigenvalue weighted by molar-refractivity contribution is 5.84. The lowest BCUT2D eigenvalue weighted by Crippen LogP contribution is -2.51. The second kappa shape index (κ2) is 9.79. The van der Waals surface area contributed by atoms with E-state index in [9.17, 15) is 14.4 Å². The number of nitrogens with zero attached hydrogens (tertiary/aromatic N) is 2. The lowest BCUT2D eigenvalue weighted by molar-refractivity contribution is -0.137. The number of benzene rings is 1. The molecular formula is C19H27N3O4. The van der Waals surface area contributed by atoms with Gasteiger partial charge in [-0.15, -0.1) is 0 Å². The molecule has 0 bridgehead atoms. The van der Waals surface area contributed by atoms with Crippen molar-refractivity contribution in [3.05, 3.63) is 35.9 Å². The number of carbonyl (C=O) groups excluding carboxylic acids is 3. The van der Waals surface area contributed by atoms with Crippen molar-refractivity contribution < 1.29 is 19.1 Å². The number of hydrogen-bond acceptors (Lipinski definition) is 4. The van der Waals surface area contributed by atoms with E-state index in [1.54, 1.807) is 16.7 Å². The predicted molar refractivity (Wildman–Crippen MR) is 97.3 cm³/mol. The molecule has 142 valence electrons. The molecule has 0 aliphatic carbocycles. The Morgan fingerprint density at radius 1 is 1.19 bits per heavy atom. The van der Waals surface area contributed by atoms with Gasteiger partial charge in [0.05, 0.1) is 13.2 Å². The summed E-state index contributed by atoms with van der Waals surface area (Å²) in [7, 11) is 0.